The van der Waals surface area contributed by atoms with Gasteiger partial charge in [-0.2, -0.15) is 0 Å². The molecule has 0 heterocycles. The fourth-order valence-electron chi connectivity index (χ4n) is 2.67. The Balaban J connectivity index is 2.47. The Bertz CT molecular complexity index is 384. The molecule has 0 atom stereocenters. The smallest absolute Gasteiger partial charge is 0.125 e. The molecule has 0 amide bonds. The lowest BCUT2D eigenvalue weighted by Crippen LogP contribution is -2.33. The van der Waals surface area contributed by atoms with Crippen molar-refractivity contribution < 1.29 is 9.47 Å². The summed E-state index contributed by atoms with van der Waals surface area (Å²) in [5.41, 5.74) is 8.43. The number of benzene rings is 1. The second kappa shape index (κ2) is 4.57. The third kappa shape index (κ3) is 2.12. The minimum absolute atomic E-state index is 0.200. The fraction of sp³-hybridized carbons (Fsp3) is 0.571. The number of hydrogen-bond acceptors (Lipinski definition) is 3. The fourth-order valence-corrected chi connectivity index (χ4v) is 2.67. The van der Waals surface area contributed by atoms with Gasteiger partial charge < -0.3 is 15.2 Å². The summed E-state index contributed by atoms with van der Waals surface area (Å²) in [6, 6.07) is 4.12. The van der Waals surface area contributed by atoms with Gasteiger partial charge in [0.2, 0.25) is 0 Å². The highest BCUT2D eigenvalue weighted by atomic mass is 16.5. The highest BCUT2D eigenvalue weighted by Gasteiger charge is 2.32. The highest BCUT2D eigenvalue weighted by Crippen LogP contribution is 2.40. The molecule has 2 rings (SSSR count). The van der Waals surface area contributed by atoms with E-state index in [0.717, 1.165) is 35.5 Å². The van der Waals surface area contributed by atoms with Crippen molar-refractivity contribution >= 4 is 0 Å². The number of rotatable bonds is 3. The molecule has 1 fully saturated rings. The van der Waals surface area contributed by atoms with Gasteiger partial charge >= 0.3 is 0 Å². The molecule has 1 aliphatic rings. The van der Waals surface area contributed by atoms with Crippen molar-refractivity contribution in [1.29, 1.82) is 0 Å². The lowest BCUT2D eigenvalue weighted by Gasteiger charge is -2.26. The van der Waals surface area contributed by atoms with Crippen molar-refractivity contribution in [1.82, 2.24) is 0 Å². The average molecular weight is 235 g/mol. The summed E-state index contributed by atoms with van der Waals surface area (Å²) in [4.78, 5) is 0. The van der Waals surface area contributed by atoms with E-state index in [-0.39, 0.29) is 5.54 Å². The van der Waals surface area contributed by atoms with Crippen molar-refractivity contribution in [3.8, 4) is 11.5 Å². The second-order valence-electron chi connectivity index (χ2n) is 4.87. The van der Waals surface area contributed by atoms with Gasteiger partial charge in [0.15, 0.2) is 0 Å². The van der Waals surface area contributed by atoms with Crippen LogP contribution in [0.1, 0.15) is 36.8 Å². The van der Waals surface area contributed by atoms with Gasteiger partial charge in [-0.25, -0.2) is 0 Å². The zero-order valence-electron chi connectivity index (χ0n) is 10.9. The summed E-state index contributed by atoms with van der Waals surface area (Å²) in [6.45, 7) is 2.00. The van der Waals surface area contributed by atoms with E-state index >= 15 is 0 Å². The van der Waals surface area contributed by atoms with Crippen LogP contribution in [0.25, 0.3) is 0 Å². The van der Waals surface area contributed by atoms with E-state index in [0.29, 0.717) is 0 Å². The summed E-state index contributed by atoms with van der Waals surface area (Å²) < 4.78 is 10.8. The molecule has 3 nitrogen and oxygen atoms in total. The summed E-state index contributed by atoms with van der Waals surface area (Å²) in [5.74, 6) is 1.71. The van der Waals surface area contributed by atoms with Gasteiger partial charge in [-0.3, -0.25) is 0 Å². The number of ether oxygens (including phenoxy) is 2. The summed E-state index contributed by atoms with van der Waals surface area (Å²) in [7, 11) is 3.37. The summed E-state index contributed by atoms with van der Waals surface area (Å²) in [6.07, 6.45) is 4.49. The predicted octanol–water partition coefficient (Wildman–Crippen LogP) is 2.74. The average Bonchev–Trinajstić information content (AvgIpc) is 2.77. The number of hydrogen-bond donors (Lipinski definition) is 1. The van der Waals surface area contributed by atoms with Gasteiger partial charge in [-0.1, -0.05) is 12.8 Å². The van der Waals surface area contributed by atoms with Crippen LogP contribution in [0.2, 0.25) is 0 Å². The third-order valence-electron chi connectivity index (χ3n) is 3.82. The molecule has 1 aromatic rings. The molecule has 0 unspecified atom stereocenters. The van der Waals surface area contributed by atoms with E-state index < -0.39 is 0 Å². The van der Waals surface area contributed by atoms with E-state index in [1.165, 1.54) is 12.8 Å². The van der Waals surface area contributed by atoms with Crippen LogP contribution in [0.3, 0.4) is 0 Å². The highest BCUT2D eigenvalue weighted by molar-refractivity contribution is 5.49. The SMILES string of the molecule is COc1cc(C2(N)CCCC2)cc(OC)c1C. The van der Waals surface area contributed by atoms with Crippen LogP contribution in [-0.2, 0) is 5.54 Å². The standard InChI is InChI=1S/C14H21NO2/c1-10-12(16-2)8-11(9-13(10)17-3)14(15)6-4-5-7-14/h8-9H,4-7,15H2,1-3H3. The molecule has 0 radical (unpaired) electrons. The Hall–Kier alpha value is -1.22. The van der Waals surface area contributed by atoms with E-state index in [1.807, 2.05) is 6.92 Å². The Morgan fingerprint density at radius 2 is 1.53 bits per heavy atom. The maximum atomic E-state index is 6.47. The lowest BCUT2D eigenvalue weighted by molar-refractivity contribution is 0.381. The van der Waals surface area contributed by atoms with Gasteiger partial charge in [0.1, 0.15) is 11.5 Å². The normalized spacial score (nSPS) is 18.1. The topological polar surface area (TPSA) is 44.5 Å². The number of methoxy groups -OCH3 is 2. The molecule has 0 spiro atoms. The van der Waals surface area contributed by atoms with Gasteiger partial charge in [0, 0.05) is 11.1 Å². The first-order valence-electron chi connectivity index (χ1n) is 6.13. The molecule has 1 aromatic carbocycles. The van der Waals surface area contributed by atoms with E-state index in [4.69, 9.17) is 15.2 Å². The van der Waals surface area contributed by atoms with Crippen molar-refractivity contribution in [3.05, 3.63) is 23.3 Å². The monoisotopic (exact) mass is 235 g/mol. The van der Waals surface area contributed by atoms with Gasteiger partial charge in [-0.15, -0.1) is 0 Å². The largest absolute Gasteiger partial charge is 0.496 e. The van der Waals surface area contributed by atoms with Crippen LogP contribution in [-0.4, -0.2) is 14.2 Å². The molecule has 0 bridgehead atoms. The molecular weight excluding hydrogens is 214 g/mol. The first-order valence-corrected chi connectivity index (χ1v) is 6.13. The Morgan fingerprint density at radius 3 is 1.94 bits per heavy atom. The van der Waals surface area contributed by atoms with Crippen LogP contribution in [0, 0.1) is 6.92 Å². The molecule has 0 aromatic heterocycles. The van der Waals surface area contributed by atoms with Crippen molar-refractivity contribution in [2.24, 2.45) is 5.73 Å². The van der Waals surface area contributed by atoms with Crippen molar-refractivity contribution in [3.63, 3.8) is 0 Å². The van der Waals surface area contributed by atoms with Gasteiger partial charge in [-0.05, 0) is 37.5 Å². The molecule has 1 aliphatic carbocycles. The molecule has 0 saturated heterocycles. The summed E-state index contributed by atoms with van der Waals surface area (Å²) in [5, 5.41) is 0. The van der Waals surface area contributed by atoms with E-state index in [1.54, 1.807) is 14.2 Å². The Kier molecular flexibility index (Phi) is 3.29. The summed E-state index contributed by atoms with van der Waals surface area (Å²) >= 11 is 0. The number of nitrogens with two attached hydrogens (primary N) is 1. The molecule has 1 saturated carbocycles. The Morgan fingerprint density at radius 1 is 1.06 bits per heavy atom. The van der Waals surface area contributed by atoms with Crippen molar-refractivity contribution in [2.45, 2.75) is 38.1 Å². The zero-order chi connectivity index (χ0) is 12.5. The first kappa shape index (κ1) is 12.2. The van der Waals surface area contributed by atoms with Crippen LogP contribution < -0.4 is 15.2 Å². The maximum absolute atomic E-state index is 6.47. The van der Waals surface area contributed by atoms with Gasteiger partial charge in [0.05, 0.1) is 14.2 Å². The van der Waals surface area contributed by atoms with E-state index in [2.05, 4.69) is 12.1 Å². The molecule has 0 aliphatic heterocycles. The van der Waals surface area contributed by atoms with Crippen LogP contribution >= 0.6 is 0 Å². The molecule has 3 heteroatoms. The maximum Gasteiger partial charge on any atom is 0.125 e. The molecule has 94 valence electrons. The minimum Gasteiger partial charge on any atom is -0.496 e. The quantitative estimate of drug-likeness (QED) is 0.876. The second-order valence-corrected chi connectivity index (χ2v) is 4.87. The Labute approximate surface area is 103 Å². The molecule has 2 N–H and O–H groups in total. The zero-order valence-corrected chi connectivity index (χ0v) is 10.9. The van der Waals surface area contributed by atoms with Crippen LogP contribution in [0.5, 0.6) is 11.5 Å². The third-order valence-corrected chi connectivity index (χ3v) is 3.82. The first-order chi connectivity index (χ1) is 8.10. The minimum atomic E-state index is -0.200. The van der Waals surface area contributed by atoms with Crippen LogP contribution in [0.15, 0.2) is 12.1 Å². The van der Waals surface area contributed by atoms with Crippen molar-refractivity contribution in [2.75, 3.05) is 14.2 Å². The van der Waals surface area contributed by atoms with Crippen LogP contribution in [0.4, 0.5) is 0 Å². The van der Waals surface area contributed by atoms with Gasteiger partial charge in [0.25, 0.3) is 0 Å². The predicted molar refractivity (Wildman–Crippen MR) is 68.6 cm³/mol. The van der Waals surface area contributed by atoms with E-state index in [9.17, 15) is 0 Å². The molecular formula is C14H21NO2. The lowest BCUT2D eigenvalue weighted by atomic mass is 9.88. The molecule has 17 heavy (non-hydrogen) atoms.